The fourth-order valence-electron chi connectivity index (χ4n) is 2.18. The van der Waals surface area contributed by atoms with Crippen LogP contribution in [0.25, 0.3) is 0 Å². The first-order valence-electron chi connectivity index (χ1n) is 6.20. The van der Waals surface area contributed by atoms with E-state index in [2.05, 4.69) is 19.2 Å². The van der Waals surface area contributed by atoms with Gasteiger partial charge in [0.25, 0.3) is 0 Å². The van der Waals surface area contributed by atoms with Gasteiger partial charge in [-0.2, -0.15) is 0 Å². The molecule has 0 bridgehead atoms. The Morgan fingerprint density at radius 1 is 1.47 bits per heavy atom. The van der Waals surface area contributed by atoms with Crippen molar-refractivity contribution in [3.63, 3.8) is 0 Å². The van der Waals surface area contributed by atoms with Crippen LogP contribution in [-0.4, -0.2) is 38.5 Å². The van der Waals surface area contributed by atoms with E-state index in [1.54, 1.807) is 0 Å². The molecular formula is C12H25NO2. The van der Waals surface area contributed by atoms with Crippen LogP contribution in [0.15, 0.2) is 0 Å². The van der Waals surface area contributed by atoms with E-state index in [4.69, 9.17) is 9.47 Å². The molecule has 1 N–H and O–H groups in total. The molecule has 0 amide bonds. The highest BCUT2D eigenvalue weighted by molar-refractivity contribution is 4.78. The second-order valence-electron chi connectivity index (χ2n) is 4.31. The van der Waals surface area contributed by atoms with E-state index in [0.29, 0.717) is 18.1 Å². The van der Waals surface area contributed by atoms with Crippen molar-refractivity contribution in [2.24, 2.45) is 5.92 Å². The zero-order valence-corrected chi connectivity index (χ0v) is 10.3. The van der Waals surface area contributed by atoms with Crippen molar-refractivity contribution in [1.29, 1.82) is 0 Å². The van der Waals surface area contributed by atoms with Crippen molar-refractivity contribution < 1.29 is 9.47 Å². The summed E-state index contributed by atoms with van der Waals surface area (Å²) in [6.45, 7) is 10.0. The highest BCUT2D eigenvalue weighted by Crippen LogP contribution is 2.18. The monoisotopic (exact) mass is 215 g/mol. The Kier molecular flexibility index (Phi) is 6.22. The lowest BCUT2D eigenvalue weighted by Gasteiger charge is -2.24. The van der Waals surface area contributed by atoms with E-state index in [0.717, 1.165) is 26.4 Å². The van der Waals surface area contributed by atoms with Crippen LogP contribution in [0.1, 0.15) is 33.6 Å². The van der Waals surface area contributed by atoms with Crippen molar-refractivity contribution in [3.05, 3.63) is 0 Å². The molecule has 1 rings (SSSR count). The molecule has 1 heterocycles. The van der Waals surface area contributed by atoms with Gasteiger partial charge in [-0.1, -0.05) is 6.92 Å². The van der Waals surface area contributed by atoms with Crippen molar-refractivity contribution in [2.45, 2.75) is 45.8 Å². The minimum absolute atomic E-state index is 0.311. The van der Waals surface area contributed by atoms with E-state index in [-0.39, 0.29) is 0 Å². The number of ether oxygens (including phenoxy) is 2. The second kappa shape index (κ2) is 7.20. The SMILES string of the molecule is CCOC(C)CNC(CC)C1CCOC1. The van der Waals surface area contributed by atoms with Gasteiger partial charge in [0.2, 0.25) is 0 Å². The van der Waals surface area contributed by atoms with Gasteiger partial charge in [-0.25, -0.2) is 0 Å². The molecular weight excluding hydrogens is 190 g/mol. The van der Waals surface area contributed by atoms with Gasteiger partial charge in [0.1, 0.15) is 0 Å². The normalized spacial score (nSPS) is 25.4. The summed E-state index contributed by atoms with van der Waals surface area (Å²) in [4.78, 5) is 0. The molecule has 1 fully saturated rings. The van der Waals surface area contributed by atoms with Crippen LogP contribution in [0.2, 0.25) is 0 Å². The van der Waals surface area contributed by atoms with Gasteiger partial charge in [0.05, 0.1) is 12.7 Å². The van der Waals surface area contributed by atoms with Gasteiger partial charge < -0.3 is 14.8 Å². The van der Waals surface area contributed by atoms with Gasteiger partial charge in [-0.3, -0.25) is 0 Å². The minimum Gasteiger partial charge on any atom is -0.381 e. The molecule has 15 heavy (non-hydrogen) atoms. The summed E-state index contributed by atoms with van der Waals surface area (Å²) >= 11 is 0. The van der Waals surface area contributed by atoms with E-state index in [9.17, 15) is 0 Å². The first-order valence-corrected chi connectivity index (χ1v) is 6.20. The molecule has 0 spiro atoms. The Hall–Kier alpha value is -0.120. The molecule has 0 radical (unpaired) electrons. The minimum atomic E-state index is 0.311. The second-order valence-corrected chi connectivity index (χ2v) is 4.31. The van der Waals surface area contributed by atoms with E-state index in [1.165, 1.54) is 12.8 Å². The van der Waals surface area contributed by atoms with Crippen LogP contribution >= 0.6 is 0 Å². The maximum Gasteiger partial charge on any atom is 0.0671 e. The molecule has 0 aromatic rings. The van der Waals surface area contributed by atoms with E-state index < -0.39 is 0 Å². The maximum absolute atomic E-state index is 5.51. The molecule has 90 valence electrons. The average molecular weight is 215 g/mol. The number of hydrogen-bond donors (Lipinski definition) is 1. The topological polar surface area (TPSA) is 30.5 Å². The Labute approximate surface area is 93.5 Å². The highest BCUT2D eigenvalue weighted by atomic mass is 16.5. The Morgan fingerprint density at radius 3 is 2.80 bits per heavy atom. The zero-order valence-electron chi connectivity index (χ0n) is 10.3. The van der Waals surface area contributed by atoms with Gasteiger partial charge in [-0.05, 0) is 32.6 Å². The van der Waals surface area contributed by atoms with Crippen LogP contribution in [-0.2, 0) is 9.47 Å². The molecule has 3 heteroatoms. The summed E-state index contributed by atoms with van der Waals surface area (Å²) in [7, 11) is 0. The smallest absolute Gasteiger partial charge is 0.0671 e. The lowest BCUT2D eigenvalue weighted by Crippen LogP contribution is -2.40. The average Bonchev–Trinajstić information content (AvgIpc) is 2.72. The van der Waals surface area contributed by atoms with Crippen molar-refractivity contribution in [2.75, 3.05) is 26.4 Å². The first-order chi connectivity index (χ1) is 7.27. The lowest BCUT2D eigenvalue weighted by molar-refractivity contribution is 0.0712. The maximum atomic E-state index is 5.51. The summed E-state index contributed by atoms with van der Waals surface area (Å²) in [6, 6.07) is 0.593. The van der Waals surface area contributed by atoms with Gasteiger partial charge in [0, 0.05) is 25.8 Å². The molecule has 1 aliphatic heterocycles. The molecule has 0 aromatic heterocycles. The zero-order chi connectivity index (χ0) is 11.1. The Bertz CT molecular complexity index is 158. The molecule has 3 nitrogen and oxygen atoms in total. The third-order valence-electron chi connectivity index (χ3n) is 3.09. The van der Waals surface area contributed by atoms with Crippen molar-refractivity contribution in [3.8, 4) is 0 Å². The van der Waals surface area contributed by atoms with Crippen LogP contribution in [0, 0.1) is 5.92 Å². The lowest BCUT2D eigenvalue weighted by atomic mass is 9.97. The molecule has 3 unspecified atom stereocenters. The predicted octanol–water partition coefficient (Wildman–Crippen LogP) is 1.82. The Balaban J connectivity index is 2.20. The fraction of sp³-hybridized carbons (Fsp3) is 1.00. The van der Waals surface area contributed by atoms with Crippen LogP contribution in [0.4, 0.5) is 0 Å². The third-order valence-corrected chi connectivity index (χ3v) is 3.09. The molecule has 0 saturated carbocycles. The predicted molar refractivity (Wildman–Crippen MR) is 62.1 cm³/mol. The largest absolute Gasteiger partial charge is 0.381 e. The number of nitrogens with one attached hydrogen (secondary N) is 1. The standard InChI is InChI=1S/C12H25NO2/c1-4-12(11-6-7-14-9-11)13-8-10(3)15-5-2/h10-13H,4-9H2,1-3H3. The van der Waals surface area contributed by atoms with E-state index in [1.807, 2.05) is 6.92 Å². The van der Waals surface area contributed by atoms with E-state index >= 15 is 0 Å². The first kappa shape index (κ1) is 12.9. The third kappa shape index (κ3) is 4.49. The Morgan fingerprint density at radius 2 is 2.27 bits per heavy atom. The summed E-state index contributed by atoms with van der Waals surface area (Å²) in [5, 5.41) is 3.59. The summed E-state index contributed by atoms with van der Waals surface area (Å²) in [5.41, 5.74) is 0. The van der Waals surface area contributed by atoms with Gasteiger partial charge in [0.15, 0.2) is 0 Å². The van der Waals surface area contributed by atoms with Crippen LogP contribution in [0.5, 0.6) is 0 Å². The highest BCUT2D eigenvalue weighted by Gasteiger charge is 2.24. The van der Waals surface area contributed by atoms with Gasteiger partial charge >= 0.3 is 0 Å². The van der Waals surface area contributed by atoms with Gasteiger partial charge in [-0.15, -0.1) is 0 Å². The summed E-state index contributed by atoms with van der Waals surface area (Å²) in [5.74, 6) is 0.698. The van der Waals surface area contributed by atoms with Crippen molar-refractivity contribution >= 4 is 0 Å². The van der Waals surface area contributed by atoms with Crippen molar-refractivity contribution in [1.82, 2.24) is 5.32 Å². The van der Waals surface area contributed by atoms with Crippen LogP contribution < -0.4 is 5.32 Å². The quantitative estimate of drug-likeness (QED) is 0.702. The fourth-order valence-corrected chi connectivity index (χ4v) is 2.18. The molecule has 3 atom stereocenters. The van der Waals surface area contributed by atoms with Crippen LogP contribution in [0.3, 0.4) is 0 Å². The summed E-state index contributed by atoms with van der Waals surface area (Å²) in [6.07, 6.45) is 2.69. The molecule has 0 aromatic carbocycles. The molecule has 1 aliphatic rings. The number of rotatable bonds is 7. The number of hydrogen-bond acceptors (Lipinski definition) is 3. The summed E-state index contributed by atoms with van der Waals surface area (Å²) < 4.78 is 10.9. The molecule has 0 aliphatic carbocycles. The molecule has 1 saturated heterocycles.